The first-order valence-electron chi connectivity index (χ1n) is 7.17. The van der Waals surface area contributed by atoms with Crippen molar-refractivity contribution >= 4 is 22.6 Å². The van der Waals surface area contributed by atoms with E-state index in [2.05, 4.69) is 0 Å². The number of rotatable bonds is 5. The van der Waals surface area contributed by atoms with E-state index in [1.54, 1.807) is 25.6 Å². The van der Waals surface area contributed by atoms with Crippen LogP contribution in [0.25, 0.3) is 0 Å². The summed E-state index contributed by atoms with van der Waals surface area (Å²) >= 11 is 1.57. The van der Waals surface area contributed by atoms with E-state index < -0.39 is 16.4 Å². The van der Waals surface area contributed by atoms with Gasteiger partial charge in [0.2, 0.25) is 0 Å². The highest BCUT2D eigenvalue weighted by Crippen LogP contribution is 2.40. The first-order chi connectivity index (χ1) is 10.3. The van der Waals surface area contributed by atoms with Gasteiger partial charge in [-0.15, -0.1) is 0 Å². The summed E-state index contributed by atoms with van der Waals surface area (Å²) in [5.74, 6) is 0. The molecule has 4 heteroatoms. The molecule has 0 saturated heterocycles. The van der Waals surface area contributed by atoms with Crippen molar-refractivity contribution in [3.05, 3.63) is 59.7 Å². The fourth-order valence-electron chi connectivity index (χ4n) is 2.45. The minimum absolute atomic E-state index is 0.127. The number of hydrogen-bond donors (Lipinski definition) is 1. The molecule has 1 unspecified atom stereocenters. The smallest absolute Gasteiger partial charge is 0.0852 e. The van der Waals surface area contributed by atoms with E-state index in [1.165, 1.54) is 0 Å². The maximum absolute atomic E-state index is 12.9. The van der Waals surface area contributed by atoms with Gasteiger partial charge in [-0.3, -0.25) is 0 Å². The Kier molecular flexibility index (Phi) is 5.48. The Balaban J connectivity index is 2.48. The molecule has 0 aliphatic carbocycles. The van der Waals surface area contributed by atoms with E-state index in [9.17, 15) is 9.32 Å². The molecule has 0 amide bonds. The third kappa shape index (κ3) is 3.80. The molecule has 0 aliphatic rings. The molecule has 1 N–H and O–H groups in total. The summed E-state index contributed by atoms with van der Waals surface area (Å²) in [6.07, 6.45) is 1.97. The van der Waals surface area contributed by atoms with Crippen LogP contribution >= 0.6 is 11.8 Å². The minimum Gasteiger partial charge on any atom is -0.389 e. The Morgan fingerprint density at radius 3 is 2.23 bits per heavy atom. The van der Waals surface area contributed by atoms with Crippen LogP contribution in [0, 0.1) is 6.92 Å². The first kappa shape index (κ1) is 17.3. The second kappa shape index (κ2) is 6.99. The summed E-state index contributed by atoms with van der Waals surface area (Å²) in [5, 5.41) is 10.3. The largest absolute Gasteiger partial charge is 0.389 e. The van der Waals surface area contributed by atoms with Gasteiger partial charge in [-0.05, 0) is 50.8 Å². The summed E-state index contributed by atoms with van der Waals surface area (Å²) in [6, 6.07) is 15.4. The number of hydrogen-bond acceptors (Lipinski definition) is 3. The van der Waals surface area contributed by atoms with Crippen molar-refractivity contribution in [1.29, 1.82) is 0 Å². The van der Waals surface area contributed by atoms with E-state index in [4.69, 9.17) is 0 Å². The van der Waals surface area contributed by atoms with Gasteiger partial charge >= 0.3 is 0 Å². The lowest BCUT2D eigenvalue weighted by atomic mass is 9.98. The van der Waals surface area contributed by atoms with Gasteiger partial charge in [-0.25, -0.2) is 4.21 Å². The SMILES string of the molecule is CS[C@@H](c1ccccc1S(=O)c1ccc(C)cc1)C(C)(C)O. The zero-order valence-electron chi connectivity index (χ0n) is 13.4. The van der Waals surface area contributed by atoms with Gasteiger partial charge < -0.3 is 5.11 Å². The predicted octanol–water partition coefficient (Wildman–Crippen LogP) is 4.34. The van der Waals surface area contributed by atoms with Gasteiger partial charge in [0.05, 0.1) is 21.7 Å². The van der Waals surface area contributed by atoms with Crippen LogP contribution in [0.1, 0.15) is 30.2 Å². The van der Waals surface area contributed by atoms with Crippen molar-refractivity contribution in [2.24, 2.45) is 0 Å². The molecule has 0 radical (unpaired) electrons. The van der Waals surface area contributed by atoms with Crippen molar-refractivity contribution < 1.29 is 9.32 Å². The lowest BCUT2D eigenvalue weighted by molar-refractivity contribution is 0.0771. The van der Waals surface area contributed by atoms with Crippen LogP contribution in [-0.2, 0) is 10.8 Å². The molecule has 0 bridgehead atoms. The van der Waals surface area contributed by atoms with Crippen LogP contribution in [0.5, 0.6) is 0 Å². The average Bonchev–Trinajstić information content (AvgIpc) is 2.47. The van der Waals surface area contributed by atoms with Gasteiger partial charge in [0.15, 0.2) is 0 Å². The molecule has 2 rings (SSSR count). The van der Waals surface area contributed by atoms with Crippen molar-refractivity contribution in [2.45, 2.75) is 41.4 Å². The van der Waals surface area contributed by atoms with E-state index in [0.29, 0.717) is 0 Å². The molecule has 2 nitrogen and oxygen atoms in total. The first-order valence-corrected chi connectivity index (χ1v) is 9.61. The number of benzene rings is 2. The molecule has 2 aromatic carbocycles. The second-order valence-corrected chi connectivity index (χ2v) is 8.28. The van der Waals surface area contributed by atoms with Crippen LogP contribution in [0.2, 0.25) is 0 Å². The van der Waals surface area contributed by atoms with Gasteiger partial charge in [0.1, 0.15) is 0 Å². The van der Waals surface area contributed by atoms with Gasteiger partial charge in [0, 0.05) is 9.79 Å². The highest BCUT2D eigenvalue weighted by Gasteiger charge is 2.30. The van der Waals surface area contributed by atoms with Gasteiger partial charge in [-0.2, -0.15) is 11.8 Å². The van der Waals surface area contributed by atoms with E-state index in [1.807, 2.05) is 61.7 Å². The van der Waals surface area contributed by atoms with Crippen LogP contribution in [0.4, 0.5) is 0 Å². The summed E-state index contributed by atoms with van der Waals surface area (Å²) in [5.41, 5.74) is 1.20. The summed E-state index contributed by atoms with van der Waals surface area (Å²) in [6.45, 7) is 5.60. The topological polar surface area (TPSA) is 37.3 Å². The monoisotopic (exact) mass is 334 g/mol. The van der Waals surface area contributed by atoms with Crippen molar-refractivity contribution in [1.82, 2.24) is 0 Å². The number of aliphatic hydroxyl groups is 1. The molecule has 2 atom stereocenters. The average molecular weight is 335 g/mol. The number of aryl methyl sites for hydroxylation is 1. The lowest BCUT2D eigenvalue weighted by Gasteiger charge is -2.29. The molecule has 0 fully saturated rings. The Morgan fingerprint density at radius 2 is 1.68 bits per heavy atom. The molecule has 0 heterocycles. The maximum Gasteiger partial charge on any atom is 0.0852 e. The lowest BCUT2D eigenvalue weighted by Crippen LogP contribution is -2.27. The van der Waals surface area contributed by atoms with Crippen molar-refractivity contribution in [3.8, 4) is 0 Å². The standard InChI is InChI=1S/C18H22O2S2/c1-13-9-11-14(12-10-13)22(20)16-8-6-5-7-15(16)17(21-4)18(2,3)19/h5-12,17,19H,1-4H3/t17-,22?/m0/s1. The zero-order valence-corrected chi connectivity index (χ0v) is 15.0. The van der Waals surface area contributed by atoms with Gasteiger partial charge in [0.25, 0.3) is 0 Å². The predicted molar refractivity (Wildman–Crippen MR) is 94.8 cm³/mol. The fraction of sp³-hybridized carbons (Fsp3) is 0.333. The molecule has 118 valence electrons. The quantitative estimate of drug-likeness (QED) is 0.884. The third-order valence-electron chi connectivity index (χ3n) is 3.51. The van der Waals surface area contributed by atoms with Crippen LogP contribution < -0.4 is 0 Å². The molecular weight excluding hydrogens is 312 g/mol. The van der Waals surface area contributed by atoms with Crippen LogP contribution in [0.3, 0.4) is 0 Å². The summed E-state index contributed by atoms with van der Waals surface area (Å²) < 4.78 is 12.9. The molecular formula is C18H22O2S2. The Morgan fingerprint density at radius 1 is 1.09 bits per heavy atom. The molecule has 0 aliphatic heterocycles. The van der Waals surface area contributed by atoms with E-state index in [-0.39, 0.29) is 5.25 Å². The number of thioether (sulfide) groups is 1. The molecule has 0 spiro atoms. The summed E-state index contributed by atoms with van der Waals surface area (Å²) in [4.78, 5) is 1.56. The highest BCUT2D eigenvalue weighted by atomic mass is 32.2. The van der Waals surface area contributed by atoms with Crippen molar-refractivity contribution in [2.75, 3.05) is 6.26 Å². The summed E-state index contributed by atoms with van der Waals surface area (Å²) in [7, 11) is -1.25. The minimum atomic E-state index is -1.25. The van der Waals surface area contributed by atoms with E-state index in [0.717, 1.165) is 20.9 Å². The fourth-order valence-corrected chi connectivity index (χ4v) is 4.80. The Hall–Kier alpha value is -1.10. The molecule has 0 aromatic heterocycles. The Labute approximate surface area is 139 Å². The normalized spacial score (nSPS) is 14.6. The maximum atomic E-state index is 12.9. The van der Waals surface area contributed by atoms with Crippen LogP contribution in [0.15, 0.2) is 58.3 Å². The Bertz CT molecular complexity index is 658. The van der Waals surface area contributed by atoms with Gasteiger partial charge in [-0.1, -0.05) is 35.9 Å². The highest BCUT2D eigenvalue weighted by molar-refractivity contribution is 7.99. The van der Waals surface area contributed by atoms with E-state index >= 15 is 0 Å². The van der Waals surface area contributed by atoms with Crippen molar-refractivity contribution in [3.63, 3.8) is 0 Å². The molecule has 0 saturated carbocycles. The third-order valence-corrected chi connectivity index (χ3v) is 6.29. The van der Waals surface area contributed by atoms with Crippen LogP contribution in [-0.4, -0.2) is 21.2 Å². The zero-order chi connectivity index (χ0) is 16.3. The molecule has 2 aromatic rings. The molecule has 22 heavy (non-hydrogen) atoms. The second-order valence-electron chi connectivity index (χ2n) is 5.89.